The van der Waals surface area contributed by atoms with Gasteiger partial charge < -0.3 is 10.4 Å². The Balaban J connectivity index is 2.45. The molecule has 5 heteroatoms. The van der Waals surface area contributed by atoms with Gasteiger partial charge in [-0.3, -0.25) is 0 Å². The van der Waals surface area contributed by atoms with E-state index < -0.39 is 11.7 Å². The van der Waals surface area contributed by atoms with E-state index in [1.807, 2.05) is 0 Å². The van der Waals surface area contributed by atoms with Crippen molar-refractivity contribution >= 4 is 5.69 Å². The van der Waals surface area contributed by atoms with Crippen molar-refractivity contribution in [2.24, 2.45) is 0 Å². The van der Waals surface area contributed by atoms with Crippen molar-refractivity contribution in [3.05, 3.63) is 29.3 Å². The zero-order valence-electron chi connectivity index (χ0n) is 8.51. The Morgan fingerprint density at radius 3 is 2.75 bits per heavy atom. The first kappa shape index (κ1) is 11.3. The average Bonchev–Trinajstić information content (AvgIpc) is 2.61. The predicted molar refractivity (Wildman–Crippen MR) is 54.4 cm³/mol. The molecular formula is C11H12F3NO. The van der Waals surface area contributed by atoms with Crippen LogP contribution in [0.1, 0.15) is 23.5 Å². The lowest BCUT2D eigenvalue weighted by Gasteiger charge is -2.15. The number of aliphatic hydroxyl groups excluding tert-OH is 1. The zero-order valence-corrected chi connectivity index (χ0v) is 8.51. The number of alkyl halides is 3. The molecule has 2 rings (SSSR count). The summed E-state index contributed by atoms with van der Waals surface area (Å²) in [5, 5.41) is 11.8. The minimum atomic E-state index is -4.33. The van der Waals surface area contributed by atoms with Gasteiger partial charge in [0.2, 0.25) is 0 Å². The highest BCUT2D eigenvalue weighted by molar-refractivity contribution is 5.61. The molecule has 0 aliphatic carbocycles. The summed E-state index contributed by atoms with van der Waals surface area (Å²) >= 11 is 0. The first-order valence-corrected chi connectivity index (χ1v) is 5.09. The highest BCUT2D eigenvalue weighted by Gasteiger charge is 2.38. The molecule has 2 N–H and O–H groups in total. The number of halogens is 3. The molecule has 0 saturated carbocycles. The lowest BCUT2D eigenvalue weighted by molar-refractivity contribution is -0.138. The number of hydrogen-bond acceptors (Lipinski definition) is 2. The van der Waals surface area contributed by atoms with E-state index in [0.29, 0.717) is 24.2 Å². The fourth-order valence-electron chi connectivity index (χ4n) is 2.14. The molecular weight excluding hydrogens is 219 g/mol. The Labute approximate surface area is 91.1 Å². The highest BCUT2D eigenvalue weighted by Crippen LogP contribution is 2.42. The molecule has 1 aromatic rings. The molecule has 0 amide bonds. The van der Waals surface area contributed by atoms with Crippen molar-refractivity contribution in [3.8, 4) is 0 Å². The van der Waals surface area contributed by atoms with Gasteiger partial charge in [-0.15, -0.1) is 0 Å². The standard InChI is InChI=1S/C11H12F3NO/c12-11(13,14)8-2-1-3-9-10(8)7(4-5-16)6-15-9/h1-3,7,15-16H,4-6H2. The normalized spacial score (nSPS) is 19.4. The van der Waals surface area contributed by atoms with Crippen LogP contribution >= 0.6 is 0 Å². The Kier molecular flexibility index (Phi) is 2.80. The largest absolute Gasteiger partial charge is 0.416 e. The summed E-state index contributed by atoms with van der Waals surface area (Å²) in [6.45, 7) is 0.362. The maximum Gasteiger partial charge on any atom is 0.416 e. The lowest BCUT2D eigenvalue weighted by atomic mass is 9.93. The van der Waals surface area contributed by atoms with Crippen LogP contribution in [0.3, 0.4) is 0 Å². The van der Waals surface area contributed by atoms with Gasteiger partial charge in [-0.05, 0) is 24.1 Å². The van der Waals surface area contributed by atoms with E-state index in [-0.39, 0.29) is 12.5 Å². The molecule has 0 spiro atoms. The molecule has 1 atom stereocenters. The van der Waals surface area contributed by atoms with Crippen molar-refractivity contribution in [1.29, 1.82) is 0 Å². The molecule has 16 heavy (non-hydrogen) atoms. The third-order valence-corrected chi connectivity index (χ3v) is 2.84. The molecule has 0 radical (unpaired) electrons. The molecule has 0 saturated heterocycles. The van der Waals surface area contributed by atoms with E-state index in [4.69, 9.17) is 5.11 Å². The minimum absolute atomic E-state index is 0.0992. The number of rotatable bonds is 2. The van der Waals surface area contributed by atoms with Gasteiger partial charge in [0.05, 0.1) is 5.56 Å². The summed E-state index contributed by atoms with van der Waals surface area (Å²) in [7, 11) is 0. The van der Waals surface area contributed by atoms with Crippen LogP contribution in [0.2, 0.25) is 0 Å². The number of fused-ring (bicyclic) bond motifs is 1. The van der Waals surface area contributed by atoms with Crippen LogP contribution in [-0.4, -0.2) is 18.3 Å². The maximum absolute atomic E-state index is 12.8. The molecule has 1 aromatic carbocycles. The first-order valence-electron chi connectivity index (χ1n) is 5.09. The Morgan fingerprint density at radius 2 is 2.12 bits per heavy atom. The zero-order chi connectivity index (χ0) is 11.8. The monoisotopic (exact) mass is 231 g/mol. The summed E-state index contributed by atoms with van der Waals surface area (Å²) < 4.78 is 38.3. The van der Waals surface area contributed by atoms with E-state index in [1.54, 1.807) is 6.07 Å². The molecule has 1 unspecified atom stereocenters. The summed E-state index contributed by atoms with van der Waals surface area (Å²) in [6.07, 6.45) is -3.97. The van der Waals surface area contributed by atoms with Crippen LogP contribution in [0.25, 0.3) is 0 Å². The van der Waals surface area contributed by atoms with Gasteiger partial charge in [0.15, 0.2) is 0 Å². The quantitative estimate of drug-likeness (QED) is 0.820. The molecule has 0 aromatic heterocycles. The minimum Gasteiger partial charge on any atom is -0.396 e. The predicted octanol–water partition coefficient (Wildman–Crippen LogP) is 2.60. The third-order valence-electron chi connectivity index (χ3n) is 2.84. The lowest BCUT2D eigenvalue weighted by Crippen LogP contribution is -2.11. The summed E-state index contributed by atoms with van der Waals surface area (Å²) in [4.78, 5) is 0. The second kappa shape index (κ2) is 3.97. The van der Waals surface area contributed by atoms with Crippen molar-refractivity contribution in [2.75, 3.05) is 18.5 Å². The van der Waals surface area contributed by atoms with Crippen molar-refractivity contribution < 1.29 is 18.3 Å². The smallest absolute Gasteiger partial charge is 0.396 e. The maximum atomic E-state index is 12.8. The first-order chi connectivity index (χ1) is 7.54. The van der Waals surface area contributed by atoms with Crippen molar-refractivity contribution in [2.45, 2.75) is 18.5 Å². The number of nitrogens with one attached hydrogen (secondary N) is 1. The molecule has 1 aliphatic heterocycles. The second-order valence-electron chi connectivity index (χ2n) is 3.85. The van der Waals surface area contributed by atoms with Crippen LogP contribution in [0.5, 0.6) is 0 Å². The fourth-order valence-corrected chi connectivity index (χ4v) is 2.14. The second-order valence-corrected chi connectivity index (χ2v) is 3.85. The van der Waals surface area contributed by atoms with E-state index in [2.05, 4.69) is 5.32 Å². The van der Waals surface area contributed by atoms with Crippen LogP contribution in [0, 0.1) is 0 Å². The molecule has 0 bridgehead atoms. The number of hydrogen-bond donors (Lipinski definition) is 2. The molecule has 2 nitrogen and oxygen atoms in total. The van der Waals surface area contributed by atoms with Crippen LogP contribution < -0.4 is 5.32 Å². The molecule has 1 aliphatic rings. The van der Waals surface area contributed by atoms with E-state index in [0.717, 1.165) is 6.07 Å². The highest BCUT2D eigenvalue weighted by atomic mass is 19.4. The van der Waals surface area contributed by atoms with Gasteiger partial charge >= 0.3 is 6.18 Å². The van der Waals surface area contributed by atoms with Gasteiger partial charge in [0.1, 0.15) is 0 Å². The fraction of sp³-hybridized carbons (Fsp3) is 0.455. The van der Waals surface area contributed by atoms with E-state index in [1.165, 1.54) is 6.07 Å². The molecule has 1 heterocycles. The van der Waals surface area contributed by atoms with Crippen LogP contribution in [0.15, 0.2) is 18.2 Å². The van der Waals surface area contributed by atoms with Crippen LogP contribution in [-0.2, 0) is 6.18 Å². The molecule has 0 fully saturated rings. The molecule has 88 valence electrons. The summed E-state index contributed by atoms with van der Waals surface area (Å²) in [5.41, 5.74) is 0.241. The van der Waals surface area contributed by atoms with E-state index in [9.17, 15) is 13.2 Å². The average molecular weight is 231 g/mol. The Hall–Kier alpha value is -1.23. The summed E-state index contributed by atoms with van der Waals surface area (Å²) in [6, 6.07) is 4.13. The van der Waals surface area contributed by atoms with Crippen molar-refractivity contribution in [1.82, 2.24) is 0 Å². The summed E-state index contributed by atoms with van der Waals surface area (Å²) in [5.74, 6) is -0.252. The topological polar surface area (TPSA) is 32.3 Å². The number of anilines is 1. The SMILES string of the molecule is OCCC1CNc2cccc(C(F)(F)F)c21. The van der Waals surface area contributed by atoms with Gasteiger partial charge in [0, 0.05) is 24.8 Å². The third kappa shape index (κ3) is 1.87. The van der Waals surface area contributed by atoms with Gasteiger partial charge in [-0.1, -0.05) is 6.07 Å². The number of aliphatic hydroxyl groups is 1. The van der Waals surface area contributed by atoms with Gasteiger partial charge in [-0.2, -0.15) is 13.2 Å². The van der Waals surface area contributed by atoms with Crippen molar-refractivity contribution in [3.63, 3.8) is 0 Å². The van der Waals surface area contributed by atoms with Crippen LogP contribution in [0.4, 0.5) is 18.9 Å². The Bertz CT molecular complexity index is 387. The number of benzene rings is 1. The Morgan fingerprint density at radius 1 is 1.38 bits per heavy atom. The van der Waals surface area contributed by atoms with Gasteiger partial charge in [0.25, 0.3) is 0 Å². The van der Waals surface area contributed by atoms with Gasteiger partial charge in [-0.25, -0.2) is 0 Å². The van der Waals surface area contributed by atoms with E-state index >= 15 is 0 Å².